The van der Waals surface area contributed by atoms with Gasteiger partial charge in [0.25, 0.3) is 0 Å². The number of nitrogens with two attached hydrogens (primary N) is 1. The molecule has 0 amide bonds. The van der Waals surface area contributed by atoms with Gasteiger partial charge in [0.2, 0.25) is 6.29 Å². The zero-order chi connectivity index (χ0) is 5.86. The summed E-state index contributed by atoms with van der Waals surface area (Å²) in [4.78, 5) is 3.28. The van der Waals surface area contributed by atoms with E-state index in [-0.39, 0.29) is 5.84 Å². The summed E-state index contributed by atoms with van der Waals surface area (Å²) in [5, 5.41) is 16.2. The van der Waals surface area contributed by atoms with Gasteiger partial charge >= 0.3 is 0 Å². The van der Waals surface area contributed by atoms with Gasteiger partial charge < -0.3 is 15.9 Å². The molecule has 7 heavy (non-hydrogen) atoms. The van der Waals surface area contributed by atoms with Crippen LogP contribution in [0.15, 0.2) is 4.99 Å². The summed E-state index contributed by atoms with van der Waals surface area (Å²) in [5.41, 5.74) is 4.87. The number of rotatable bonds is 1. The van der Waals surface area contributed by atoms with E-state index < -0.39 is 6.29 Å². The topological polar surface area (TPSA) is 78.8 Å². The third-order valence-electron chi connectivity index (χ3n) is 0.523. The van der Waals surface area contributed by atoms with Crippen molar-refractivity contribution in [2.45, 2.75) is 6.29 Å². The summed E-state index contributed by atoms with van der Waals surface area (Å²) in [6, 6.07) is 0. The molecule has 4 N–H and O–H groups in total. The van der Waals surface area contributed by atoms with Gasteiger partial charge in [0, 0.05) is 7.05 Å². The van der Waals surface area contributed by atoms with Gasteiger partial charge in [-0.15, -0.1) is 0 Å². The predicted molar refractivity (Wildman–Crippen MR) is 25.8 cm³/mol. The van der Waals surface area contributed by atoms with E-state index in [0.29, 0.717) is 0 Å². The first-order chi connectivity index (χ1) is 3.18. The molecule has 0 rings (SSSR count). The first-order valence-corrected chi connectivity index (χ1v) is 1.76. The molecule has 4 nitrogen and oxygen atoms in total. The van der Waals surface area contributed by atoms with Crippen molar-refractivity contribution in [1.82, 2.24) is 0 Å². The minimum absolute atomic E-state index is 0.167. The molecule has 0 saturated heterocycles. The van der Waals surface area contributed by atoms with Crippen molar-refractivity contribution in [2.24, 2.45) is 10.7 Å². The van der Waals surface area contributed by atoms with Gasteiger partial charge in [0.05, 0.1) is 0 Å². The highest BCUT2D eigenvalue weighted by atomic mass is 16.5. The van der Waals surface area contributed by atoms with Gasteiger partial charge in [0.1, 0.15) is 0 Å². The van der Waals surface area contributed by atoms with Gasteiger partial charge in [-0.3, -0.25) is 4.99 Å². The van der Waals surface area contributed by atoms with Gasteiger partial charge in [0.15, 0.2) is 5.84 Å². The van der Waals surface area contributed by atoms with Crippen molar-refractivity contribution in [2.75, 3.05) is 7.05 Å². The van der Waals surface area contributed by atoms with Crippen LogP contribution in [0.5, 0.6) is 0 Å². The van der Waals surface area contributed by atoms with Gasteiger partial charge in [-0.2, -0.15) is 0 Å². The number of hydrogen-bond donors (Lipinski definition) is 3. The van der Waals surface area contributed by atoms with Crippen molar-refractivity contribution >= 4 is 5.84 Å². The normalized spacial score (nSPS) is 12.9. The summed E-state index contributed by atoms with van der Waals surface area (Å²) in [6.07, 6.45) is -1.61. The molecule has 0 saturated carbocycles. The van der Waals surface area contributed by atoms with Crippen LogP contribution < -0.4 is 5.73 Å². The lowest BCUT2D eigenvalue weighted by Crippen LogP contribution is -2.27. The number of nitrogens with zero attached hydrogens (tertiary/aromatic N) is 1. The molecule has 4 heteroatoms. The van der Waals surface area contributed by atoms with E-state index in [2.05, 4.69) is 4.99 Å². The number of hydrogen-bond acceptors (Lipinski definition) is 3. The minimum Gasteiger partial charge on any atom is -0.383 e. The van der Waals surface area contributed by atoms with Crippen LogP contribution in [0.3, 0.4) is 0 Å². The van der Waals surface area contributed by atoms with E-state index in [1.807, 2.05) is 0 Å². The molecule has 0 atom stereocenters. The first kappa shape index (κ1) is 6.39. The lowest BCUT2D eigenvalue weighted by Gasteiger charge is -1.97. The Bertz CT molecular complexity index is 79.0. The van der Waals surface area contributed by atoms with E-state index in [1.54, 1.807) is 0 Å². The Morgan fingerprint density at radius 2 is 2.14 bits per heavy atom. The number of aliphatic hydroxyl groups excluding tert-OH is 1. The molecule has 0 radical (unpaired) electrons. The lowest BCUT2D eigenvalue weighted by atomic mass is 10.6. The number of amidine groups is 1. The van der Waals surface area contributed by atoms with E-state index >= 15 is 0 Å². The highest BCUT2D eigenvalue weighted by Crippen LogP contribution is 1.70. The molecule has 0 aromatic carbocycles. The van der Waals surface area contributed by atoms with Crippen molar-refractivity contribution in [3.63, 3.8) is 0 Å². The van der Waals surface area contributed by atoms with Crippen LogP contribution in [0, 0.1) is 0 Å². The molecule has 0 bridgehead atoms. The summed E-state index contributed by atoms with van der Waals surface area (Å²) < 4.78 is 0. The molecule has 0 fully saturated rings. The van der Waals surface area contributed by atoms with E-state index in [1.165, 1.54) is 7.05 Å². The van der Waals surface area contributed by atoms with Crippen LogP contribution in [0.4, 0.5) is 0 Å². The highest BCUT2D eigenvalue weighted by Gasteiger charge is 1.97. The second-order valence-corrected chi connectivity index (χ2v) is 1.02. The third-order valence-corrected chi connectivity index (χ3v) is 0.523. The maximum Gasteiger partial charge on any atom is 0.211 e. The molecule has 0 heterocycles. The fourth-order valence-electron chi connectivity index (χ4n) is 0.115. The van der Waals surface area contributed by atoms with Gasteiger partial charge in [-0.25, -0.2) is 0 Å². The van der Waals surface area contributed by atoms with Gasteiger partial charge in [-0.05, 0) is 0 Å². The SMILES string of the molecule is CN=C(N)C(O)O. The van der Waals surface area contributed by atoms with Crippen molar-refractivity contribution in [3.05, 3.63) is 0 Å². The summed E-state index contributed by atoms with van der Waals surface area (Å²) in [5.74, 6) is -0.167. The Balaban J connectivity index is 3.56. The van der Waals surface area contributed by atoms with E-state index in [0.717, 1.165) is 0 Å². The molecule has 42 valence electrons. The zero-order valence-electron chi connectivity index (χ0n) is 4.00. The van der Waals surface area contributed by atoms with Crippen molar-refractivity contribution in [1.29, 1.82) is 0 Å². The fourth-order valence-corrected chi connectivity index (χ4v) is 0.115. The molecule has 0 unspecified atom stereocenters. The van der Waals surface area contributed by atoms with Crippen molar-refractivity contribution in [3.8, 4) is 0 Å². The van der Waals surface area contributed by atoms with Crippen LogP contribution in [0.25, 0.3) is 0 Å². The summed E-state index contributed by atoms with van der Waals surface area (Å²) in [7, 11) is 1.38. The number of aliphatic hydroxyl groups is 2. The smallest absolute Gasteiger partial charge is 0.211 e. The highest BCUT2D eigenvalue weighted by molar-refractivity contribution is 5.82. The van der Waals surface area contributed by atoms with Crippen LogP contribution in [-0.4, -0.2) is 29.4 Å². The van der Waals surface area contributed by atoms with Gasteiger partial charge in [-0.1, -0.05) is 0 Å². The second-order valence-electron chi connectivity index (χ2n) is 1.02. The molecular weight excluding hydrogens is 96.0 g/mol. The van der Waals surface area contributed by atoms with E-state index in [9.17, 15) is 0 Å². The molecule has 0 aromatic heterocycles. The van der Waals surface area contributed by atoms with Crippen LogP contribution >= 0.6 is 0 Å². The maximum absolute atomic E-state index is 8.12. The third kappa shape index (κ3) is 2.13. The molecule has 0 spiro atoms. The molecular formula is C3H8N2O2. The first-order valence-electron chi connectivity index (χ1n) is 1.76. The predicted octanol–water partition coefficient (Wildman–Crippen LogP) is -1.72. The summed E-state index contributed by atoms with van der Waals surface area (Å²) in [6.45, 7) is 0. The average molecular weight is 104 g/mol. The molecule has 0 aromatic rings. The average Bonchev–Trinajstić information content (AvgIpc) is 1.65. The Hall–Kier alpha value is -0.610. The molecule has 0 aliphatic heterocycles. The molecule has 0 aliphatic carbocycles. The van der Waals surface area contributed by atoms with Crippen molar-refractivity contribution < 1.29 is 10.2 Å². The Labute approximate surface area is 41.3 Å². The summed E-state index contributed by atoms with van der Waals surface area (Å²) >= 11 is 0. The zero-order valence-corrected chi connectivity index (χ0v) is 4.00. The monoisotopic (exact) mass is 104 g/mol. The quantitative estimate of drug-likeness (QED) is 0.210. The lowest BCUT2D eigenvalue weighted by molar-refractivity contribution is 0.0185. The van der Waals surface area contributed by atoms with Crippen LogP contribution in [0.1, 0.15) is 0 Å². The maximum atomic E-state index is 8.12. The number of aliphatic imine (C=N–C) groups is 1. The largest absolute Gasteiger partial charge is 0.383 e. The Kier molecular flexibility index (Phi) is 2.32. The van der Waals surface area contributed by atoms with Crippen LogP contribution in [0.2, 0.25) is 0 Å². The standard InChI is InChI=1S/C3H8N2O2/c1-5-2(4)3(6)7/h3,6-7H,1H3,(H2,4,5). The Morgan fingerprint density at radius 3 is 2.14 bits per heavy atom. The van der Waals surface area contributed by atoms with Crippen LogP contribution in [-0.2, 0) is 0 Å². The minimum atomic E-state index is -1.61. The van der Waals surface area contributed by atoms with E-state index in [4.69, 9.17) is 15.9 Å². The fraction of sp³-hybridized carbons (Fsp3) is 0.667. The Morgan fingerprint density at radius 1 is 1.71 bits per heavy atom. The second kappa shape index (κ2) is 2.54. The molecule has 0 aliphatic rings.